The molecule has 1 aliphatic rings. The largest absolute Gasteiger partial charge is 0.354 e. The molecule has 1 fully saturated rings. The Balaban J connectivity index is 1.77. The Morgan fingerprint density at radius 3 is 2.39 bits per heavy atom. The zero-order valence-electron chi connectivity index (χ0n) is 13.8. The van der Waals surface area contributed by atoms with Crippen LogP contribution in [-0.2, 0) is 0 Å². The predicted octanol–water partition coefficient (Wildman–Crippen LogP) is 2.76. The number of hydrogen-bond donors (Lipinski definition) is 0. The average Bonchev–Trinajstić information content (AvgIpc) is 2.62. The van der Waals surface area contributed by atoms with Crippen molar-refractivity contribution in [2.24, 2.45) is 0 Å². The van der Waals surface area contributed by atoms with Gasteiger partial charge in [0.1, 0.15) is 5.82 Å². The monoisotopic (exact) mass is 309 g/mol. The van der Waals surface area contributed by atoms with E-state index in [0.717, 1.165) is 44.1 Å². The van der Waals surface area contributed by atoms with Gasteiger partial charge >= 0.3 is 0 Å². The highest BCUT2D eigenvalue weighted by molar-refractivity contribution is 6.09. The number of likely N-dealkylation sites (N-methyl/N-ethyl adjacent to an activating group) is 1. The molecule has 0 spiro atoms. The van der Waals surface area contributed by atoms with Gasteiger partial charge in [0.2, 0.25) is 0 Å². The zero-order chi connectivity index (χ0) is 16.2. The molecular formula is C19H23N3O. The first kappa shape index (κ1) is 15.7. The Labute approximate surface area is 137 Å². The molecule has 0 amide bonds. The van der Waals surface area contributed by atoms with Crippen LogP contribution in [0.15, 0.2) is 42.6 Å². The van der Waals surface area contributed by atoms with E-state index in [1.54, 1.807) is 6.20 Å². The van der Waals surface area contributed by atoms with Crippen molar-refractivity contribution in [3.63, 3.8) is 0 Å². The van der Waals surface area contributed by atoms with Crippen LogP contribution in [0.2, 0.25) is 0 Å². The molecule has 1 aromatic carbocycles. The molecule has 4 heteroatoms. The van der Waals surface area contributed by atoms with Gasteiger partial charge in [-0.1, -0.05) is 37.3 Å². The molecule has 2 aromatic rings. The van der Waals surface area contributed by atoms with Gasteiger partial charge in [0, 0.05) is 43.5 Å². The van der Waals surface area contributed by atoms with E-state index in [0.29, 0.717) is 11.1 Å². The smallest absolute Gasteiger partial charge is 0.194 e. The first-order valence-corrected chi connectivity index (χ1v) is 8.22. The zero-order valence-corrected chi connectivity index (χ0v) is 13.8. The molecule has 0 atom stereocenters. The molecule has 1 aromatic heterocycles. The summed E-state index contributed by atoms with van der Waals surface area (Å²) in [4.78, 5) is 21.9. The van der Waals surface area contributed by atoms with Crippen LogP contribution in [-0.4, -0.2) is 48.4 Å². The van der Waals surface area contributed by atoms with Crippen LogP contribution in [0.1, 0.15) is 28.4 Å². The fraction of sp³-hybridized carbons (Fsp3) is 0.368. The summed E-state index contributed by atoms with van der Waals surface area (Å²) in [5.41, 5.74) is 2.43. The molecule has 0 saturated carbocycles. The Morgan fingerprint density at radius 2 is 1.78 bits per heavy atom. The molecule has 0 unspecified atom stereocenters. The van der Waals surface area contributed by atoms with E-state index in [2.05, 4.69) is 21.7 Å². The van der Waals surface area contributed by atoms with E-state index >= 15 is 0 Å². The summed E-state index contributed by atoms with van der Waals surface area (Å²) in [6.45, 7) is 9.47. The Hall–Kier alpha value is -2.20. The van der Waals surface area contributed by atoms with Crippen molar-refractivity contribution in [3.8, 4) is 0 Å². The second-order valence-corrected chi connectivity index (χ2v) is 5.98. The van der Waals surface area contributed by atoms with Gasteiger partial charge in [-0.15, -0.1) is 0 Å². The third-order valence-electron chi connectivity index (χ3n) is 4.47. The lowest BCUT2D eigenvalue weighted by Gasteiger charge is -2.35. The standard InChI is InChI=1S/C19H23N3O/c1-3-21-9-11-22(12-10-21)19-15(2)13-17(14-20-19)18(23)16-7-5-4-6-8-16/h4-8,13-14H,3,9-12H2,1-2H3. The number of aromatic nitrogens is 1. The van der Waals surface area contributed by atoms with Crippen molar-refractivity contribution in [2.75, 3.05) is 37.6 Å². The Bertz CT molecular complexity index is 676. The van der Waals surface area contributed by atoms with Crippen LogP contribution >= 0.6 is 0 Å². The minimum atomic E-state index is 0.0311. The number of benzene rings is 1. The van der Waals surface area contributed by atoms with Crippen molar-refractivity contribution in [2.45, 2.75) is 13.8 Å². The van der Waals surface area contributed by atoms with E-state index in [1.165, 1.54) is 0 Å². The summed E-state index contributed by atoms with van der Waals surface area (Å²) in [6.07, 6.45) is 1.71. The Kier molecular flexibility index (Phi) is 4.72. The average molecular weight is 309 g/mol. The lowest BCUT2D eigenvalue weighted by molar-refractivity contribution is 0.103. The third-order valence-corrected chi connectivity index (χ3v) is 4.47. The van der Waals surface area contributed by atoms with E-state index in [4.69, 9.17) is 0 Å². The fourth-order valence-electron chi connectivity index (χ4n) is 3.05. The van der Waals surface area contributed by atoms with Crippen molar-refractivity contribution in [1.82, 2.24) is 9.88 Å². The highest BCUT2D eigenvalue weighted by atomic mass is 16.1. The summed E-state index contributed by atoms with van der Waals surface area (Å²) in [5.74, 6) is 1.04. The summed E-state index contributed by atoms with van der Waals surface area (Å²) >= 11 is 0. The second kappa shape index (κ2) is 6.92. The number of anilines is 1. The first-order valence-electron chi connectivity index (χ1n) is 8.22. The summed E-state index contributed by atoms with van der Waals surface area (Å²) in [7, 11) is 0. The number of ketones is 1. The molecular weight excluding hydrogens is 286 g/mol. The van der Waals surface area contributed by atoms with Gasteiger partial charge in [-0.3, -0.25) is 4.79 Å². The number of rotatable bonds is 4. The minimum absolute atomic E-state index is 0.0311. The highest BCUT2D eigenvalue weighted by Crippen LogP contribution is 2.21. The molecule has 1 aliphatic heterocycles. The molecule has 0 bridgehead atoms. The molecule has 4 nitrogen and oxygen atoms in total. The van der Waals surface area contributed by atoms with Gasteiger partial charge in [0.15, 0.2) is 5.78 Å². The van der Waals surface area contributed by atoms with Gasteiger partial charge in [-0.25, -0.2) is 4.98 Å². The lowest BCUT2D eigenvalue weighted by atomic mass is 10.0. The van der Waals surface area contributed by atoms with Crippen molar-refractivity contribution in [1.29, 1.82) is 0 Å². The van der Waals surface area contributed by atoms with Gasteiger partial charge in [-0.2, -0.15) is 0 Å². The van der Waals surface area contributed by atoms with Crippen LogP contribution in [0.5, 0.6) is 0 Å². The van der Waals surface area contributed by atoms with Crippen LogP contribution in [0.3, 0.4) is 0 Å². The maximum Gasteiger partial charge on any atom is 0.194 e. The summed E-state index contributed by atoms with van der Waals surface area (Å²) in [6, 6.07) is 11.3. The topological polar surface area (TPSA) is 36.4 Å². The summed E-state index contributed by atoms with van der Waals surface area (Å²) in [5, 5.41) is 0. The molecule has 0 radical (unpaired) electrons. The second-order valence-electron chi connectivity index (χ2n) is 5.98. The van der Waals surface area contributed by atoms with Gasteiger partial charge in [-0.05, 0) is 25.1 Å². The predicted molar refractivity (Wildman–Crippen MR) is 93.2 cm³/mol. The van der Waals surface area contributed by atoms with Gasteiger partial charge in [0.05, 0.1) is 0 Å². The van der Waals surface area contributed by atoms with Crippen LogP contribution in [0.4, 0.5) is 5.82 Å². The number of aryl methyl sites for hydroxylation is 1. The van der Waals surface area contributed by atoms with E-state index in [1.807, 2.05) is 43.3 Å². The van der Waals surface area contributed by atoms with Gasteiger partial charge < -0.3 is 9.80 Å². The molecule has 2 heterocycles. The number of hydrogen-bond acceptors (Lipinski definition) is 4. The number of nitrogens with zero attached hydrogens (tertiary/aromatic N) is 3. The maximum absolute atomic E-state index is 12.5. The van der Waals surface area contributed by atoms with Gasteiger partial charge in [0.25, 0.3) is 0 Å². The number of carbonyl (C=O) groups excluding carboxylic acids is 1. The quantitative estimate of drug-likeness (QED) is 0.814. The van der Waals surface area contributed by atoms with Crippen LogP contribution in [0, 0.1) is 6.92 Å². The van der Waals surface area contributed by atoms with Crippen LogP contribution < -0.4 is 4.90 Å². The van der Waals surface area contributed by atoms with Crippen LogP contribution in [0.25, 0.3) is 0 Å². The molecule has 3 rings (SSSR count). The highest BCUT2D eigenvalue weighted by Gasteiger charge is 2.19. The molecule has 0 N–H and O–H groups in total. The maximum atomic E-state index is 12.5. The number of carbonyl (C=O) groups is 1. The molecule has 23 heavy (non-hydrogen) atoms. The molecule has 0 aliphatic carbocycles. The molecule has 120 valence electrons. The minimum Gasteiger partial charge on any atom is -0.354 e. The van der Waals surface area contributed by atoms with Crippen molar-refractivity contribution in [3.05, 3.63) is 59.3 Å². The first-order chi connectivity index (χ1) is 11.2. The van der Waals surface area contributed by atoms with E-state index in [9.17, 15) is 4.79 Å². The Morgan fingerprint density at radius 1 is 1.09 bits per heavy atom. The summed E-state index contributed by atoms with van der Waals surface area (Å²) < 4.78 is 0. The number of pyridine rings is 1. The van der Waals surface area contributed by atoms with E-state index in [-0.39, 0.29) is 5.78 Å². The normalized spacial score (nSPS) is 15.7. The SMILES string of the molecule is CCN1CCN(c2ncc(C(=O)c3ccccc3)cc2C)CC1. The van der Waals surface area contributed by atoms with Crippen molar-refractivity contribution < 1.29 is 4.79 Å². The fourth-order valence-corrected chi connectivity index (χ4v) is 3.05. The van der Waals surface area contributed by atoms with Crippen molar-refractivity contribution >= 4 is 11.6 Å². The lowest BCUT2D eigenvalue weighted by Crippen LogP contribution is -2.46. The third kappa shape index (κ3) is 3.42. The molecule has 1 saturated heterocycles. The number of piperazine rings is 1. The van der Waals surface area contributed by atoms with E-state index < -0.39 is 0 Å².